The van der Waals surface area contributed by atoms with Gasteiger partial charge in [0.05, 0.1) is 5.02 Å². The van der Waals surface area contributed by atoms with E-state index in [1.165, 1.54) is 0 Å². The van der Waals surface area contributed by atoms with Crippen molar-refractivity contribution in [2.45, 2.75) is 6.54 Å². The Balaban J connectivity index is 2.21. The number of nitrogens with one attached hydrogen (secondary N) is 2. The van der Waals surface area contributed by atoms with E-state index in [1.807, 2.05) is 31.3 Å². The Kier molecular flexibility index (Phi) is 5.17. The van der Waals surface area contributed by atoms with Crippen molar-refractivity contribution in [3.63, 3.8) is 0 Å². The van der Waals surface area contributed by atoms with E-state index in [4.69, 9.17) is 11.6 Å². The number of para-hydroxylation sites is 1. The smallest absolute Gasteiger partial charge is 0.255 e. The van der Waals surface area contributed by atoms with E-state index in [9.17, 15) is 4.79 Å². The fraction of sp³-hybridized carbons (Fsp3) is 0.133. The van der Waals surface area contributed by atoms with E-state index in [2.05, 4.69) is 26.6 Å². The number of anilines is 1. The molecule has 2 aromatic rings. The predicted octanol–water partition coefficient (Wildman–Crippen LogP) is 4.07. The number of carbonyl (C=O) groups excluding carboxylic acids is 1. The Bertz CT molecular complexity index is 631. The molecule has 0 saturated carbocycles. The van der Waals surface area contributed by atoms with E-state index >= 15 is 0 Å². The Morgan fingerprint density at radius 2 is 2.00 bits per heavy atom. The molecule has 20 heavy (non-hydrogen) atoms. The minimum atomic E-state index is -0.161. The monoisotopic (exact) mass is 352 g/mol. The van der Waals surface area contributed by atoms with Gasteiger partial charge in [0.15, 0.2) is 0 Å². The topological polar surface area (TPSA) is 41.1 Å². The zero-order valence-electron chi connectivity index (χ0n) is 10.9. The van der Waals surface area contributed by atoms with Crippen molar-refractivity contribution in [2.24, 2.45) is 0 Å². The summed E-state index contributed by atoms with van der Waals surface area (Å²) in [4.78, 5) is 12.2. The second-order valence-electron chi connectivity index (χ2n) is 4.27. The van der Waals surface area contributed by atoms with Crippen LogP contribution in [0.3, 0.4) is 0 Å². The maximum absolute atomic E-state index is 12.2. The van der Waals surface area contributed by atoms with Crippen molar-refractivity contribution in [3.05, 3.63) is 63.1 Å². The molecule has 0 atom stereocenters. The first-order chi connectivity index (χ1) is 9.61. The number of halogens is 2. The van der Waals surface area contributed by atoms with Crippen LogP contribution < -0.4 is 10.6 Å². The summed E-state index contributed by atoms with van der Waals surface area (Å²) in [5, 5.41) is 6.57. The van der Waals surface area contributed by atoms with E-state index in [0.717, 1.165) is 11.3 Å². The molecule has 2 aromatic carbocycles. The normalized spacial score (nSPS) is 10.3. The lowest BCUT2D eigenvalue weighted by Crippen LogP contribution is -2.15. The van der Waals surface area contributed by atoms with E-state index in [1.54, 1.807) is 18.2 Å². The predicted molar refractivity (Wildman–Crippen MR) is 86.3 cm³/mol. The number of hydrogen-bond acceptors (Lipinski definition) is 2. The third kappa shape index (κ3) is 3.60. The largest absolute Gasteiger partial charge is 0.322 e. The number of hydrogen-bond donors (Lipinski definition) is 2. The lowest BCUT2D eigenvalue weighted by atomic mass is 10.1. The summed E-state index contributed by atoms with van der Waals surface area (Å²) >= 11 is 9.24. The van der Waals surface area contributed by atoms with Gasteiger partial charge in [0.25, 0.3) is 5.91 Å². The van der Waals surface area contributed by atoms with Gasteiger partial charge in [-0.2, -0.15) is 0 Å². The maximum atomic E-state index is 12.2. The average Bonchev–Trinajstić information content (AvgIpc) is 2.44. The first-order valence-corrected chi connectivity index (χ1v) is 7.28. The summed E-state index contributed by atoms with van der Waals surface area (Å²) in [6.45, 7) is 0.695. The second kappa shape index (κ2) is 6.88. The van der Waals surface area contributed by atoms with E-state index in [-0.39, 0.29) is 5.91 Å². The van der Waals surface area contributed by atoms with Gasteiger partial charge in [0, 0.05) is 22.3 Å². The summed E-state index contributed by atoms with van der Waals surface area (Å²) in [7, 11) is 1.87. The highest BCUT2D eigenvalue weighted by Crippen LogP contribution is 2.24. The summed E-state index contributed by atoms with van der Waals surface area (Å²) in [5.41, 5.74) is 2.40. The molecule has 0 aliphatic heterocycles. The van der Waals surface area contributed by atoms with Crippen LogP contribution >= 0.6 is 27.5 Å². The Hall–Kier alpha value is -1.36. The Labute approximate surface area is 131 Å². The van der Waals surface area contributed by atoms with Gasteiger partial charge in [-0.25, -0.2) is 0 Å². The molecule has 0 aliphatic rings. The zero-order valence-corrected chi connectivity index (χ0v) is 13.3. The molecule has 3 nitrogen and oxygen atoms in total. The molecule has 0 saturated heterocycles. The second-order valence-corrected chi connectivity index (χ2v) is 5.53. The molecule has 2 N–H and O–H groups in total. The number of benzene rings is 2. The molecule has 0 bridgehead atoms. The van der Waals surface area contributed by atoms with Crippen LogP contribution in [-0.2, 0) is 6.54 Å². The lowest BCUT2D eigenvalue weighted by Gasteiger charge is -2.11. The van der Waals surface area contributed by atoms with Gasteiger partial charge < -0.3 is 10.6 Å². The minimum absolute atomic E-state index is 0.161. The quantitative estimate of drug-likeness (QED) is 0.870. The Morgan fingerprint density at radius 1 is 1.25 bits per heavy atom. The van der Waals surface area contributed by atoms with Gasteiger partial charge in [-0.1, -0.05) is 29.8 Å². The Morgan fingerprint density at radius 3 is 2.70 bits per heavy atom. The van der Waals surface area contributed by atoms with Crippen LogP contribution in [0.2, 0.25) is 5.02 Å². The fourth-order valence-electron chi connectivity index (χ4n) is 1.82. The molecular weight excluding hydrogens is 340 g/mol. The van der Waals surface area contributed by atoms with Crippen molar-refractivity contribution in [3.8, 4) is 0 Å². The van der Waals surface area contributed by atoms with Gasteiger partial charge in [0.2, 0.25) is 0 Å². The van der Waals surface area contributed by atoms with Gasteiger partial charge >= 0.3 is 0 Å². The lowest BCUT2D eigenvalue weighted by molar-refractivity contribution is 0.102. The van der Waals surface area contributed by atoms with Crippen molar-refractivity contribution in [2.75, 3.05) is 12.4 Å². The van der Waals surface area contributed by atoms with Crippen LogP contribution in [-0.4, -0.2) is 13.0 Å². The highest BCUT2D eigenvalue weighted by atomic mass is 79.9. The molecule has 0 aliphatic carbocycles. The van der Waals surface area contributed by atoms with Crippen LogP contribution in [0.4, 0.5) is 5.69 Å². The molecular formula is C15H14BrClN2O. The summed E-state index contributed by atoms with van der Waals surface area (Å²) in [5.74, 6) is -0.161. The molecule has 2 rings (SSSR count). The standard InChI is InChI=1S/C15H14BrClN2O/c1-18-9-11-4-2-3-5-14(11)19-15(20)10-6-7-13(17)12(16)8-10/h2-8,18H,9H2,1H3,(H,19,20). The van der Waals surface area contributed by atoms with Crippen LogP contribution in [0.1, 0.15) is 15.9 Å². The number of rotatable bonds is 4. The van der Waals surface area contributed by atoms with Crippen LogP contribution in [0.25, 0.3) is 0 Å². The van der Waals surface area contributed by atoms with Gasteiger partial charge in [0.1, 0.15) is 0 Å². The number of amides is 1. The molecule has 0 heterocycles. The van der Waals surface area contributed by atoms with Crippen LogP contribution in [0.15, 0.2) is 46.9 Å². The third-order valence-electron chi connectivity index (χ3n) is 2.81. The first kappa shape index (κ1) is 15.0. The molecule has 104 valence electrons. The number of carbonyl (C=O) groups is 1. The highest BCUT2D eigenvalue weighted by Gasteiger charge is 2.10. The van der Waals surface area contributed by atoms with Crippen molar-refractivity contribution in [1.82, 2.24) is 5.32 Å². The molecule has 0 unspecified atom stereocenters. The van der Waals surface area contributed by atoms with Crippen LogP contribution in [0, 0.1) is 0 Å². The van der Waals surface area contributed by atoms with Gasteiger partial charge in [-0.05, 0) is 52.8 Å². The summed E-state index contributed by atoms with van der Waals surface area (Å²) in [6.07, 6.45) is 0. The first-order valence-electron chi connectivity index (χ1n) is 6.10. The molecule has 5 heteroatoms. The van der Waals surface area contributed by atoms with Crippen molar-refractivity contribution >= 4 is 39.1 Å². The average molecular weight is 354 g/mol. The summed E-state index contributed by atoms with van der Waals surface area (Å²) in [6, 6.07) is 12.8. The van der Waals surface area contributed by atoms with Crippen molar-refractivity contribution < 1.29 is 4.79 Å². The van der Waals surface area contributed by atoms with Gasteiger partial charge in [-0.3, -0.25) is 4.79 Å². The van der Waals surface area contributed by atoms with E-state index < -0.39 is 0 Å². The highest BCUT2D eigenvalue weighted by molar-refractivity contribution is 9.10. The van der Waals surface area contributed by atoms with Crippen LogP contribution in [0.5, 0.6) is 0 Å². The zero-order chi connectivity index (χ0) is 14.5. The SMILES string of the molecule is CNCc1ccccc1NC(=O)c1ccc(Cl)c(Br)c1. The molecule has 0 aromatic heterocycles. The van der Waals surface area contributed by atoms with Gasteiger partial charge in [-0.15, -0.1) is 0 Å². The van der Waals surface area contributed by atoms with E-state index in [0.29, 0.717) is 21.6 Å². The molecule has 1 amide bonds. The minimum Gasteiger partial charge on any atom is -0.322 e. The maximum Gasteiger partial charge on any atom is 0.255 e. The molecule has 0 fully saturated rings. The molecule has 0 radical (unpaired) electrons. The third-order valence-corrected chi connectivity index (χ3v) is 4.03. The fourth-order valence-corrected chi connectivity index (χ4v) is 2.32. The summed E-state index contributed by atoms with van der Waals surface area (Å²) < 4.78 is 0.704. The molecule has 0 spiro atoms. The van der Waals surface area contributed by atoms with Crippen molar-refractivity contribution in [1.29, 1.82) is 0 Å².